The Labute approximate surface area is 227 Å². The molecule has 1 saturated heterocycles. The molecule has 0 bridgehead atoms. The van der Waals surface area contributed by atoms with Crippen molar-refractivity contribution in [3.63, 3.8) is 0 Å². The van der Waals surface area contributed by atoms with Crippen LogP contribution in [0.25, 0.3) is 17.0 Å². The first-order valence-electron chi connectivity index (χ1n) is 10.8. The number of benzene rings is 2. The van der Waals surface area contributed by atoms with Crippen molar-refractivity contribution in [1.82, 2.24) is 24.1 Å². The molecular weight excluding hydrogens is 587 g/mol. The van der Waals surface area contributed by atoms with Crippen molar-refractivity contribution in [2.75, 3.05) is 13.1 Å². The molecule has 0 unspecified atom stereocenters. The molecule has 0 spiro atoms. The number of alkyl halides is 3. The van der Waals surface area contributed by atoms with Gasteiger partial charge in [-0.05, 0) is 53.2 Å². The predicted octanol–water partition coefficient (Wildman–Crippen LogP) is 3.90. The smallest absolute Gasteiger partial charge is 0.419 e. The molecule has 17 heteroatoms. The van der Waals surface area contributed by atoms with E-state index in [1.54, 1.807) is 18.2 Å². The number of halogens is 4. The van der Waals surface area contributed by atoms with E-state index in [2.05, 4.69) is 5.10 Å². The van der Waals surface area contributed by atoms with Crippen LogP contribution in [-0.4, -0.2) is 58.5 Å². The number of thioether (sulfide) groups is 1. The van der Waals surface area contributed by atoms with Gasteiger partial charge in [0, 0.05) is 23.5 Å². The summed E-state index contributed by atoms with van der Waals surface area (Å²) in [5.41, 5.74) is 0.166. The molecule has 0 aliphatic carbocycles. The number of aromatic nitrogens is 2. The van der Waals surface area contributed by atoms with E-state index < -0.39 is 45.7 Å². The molecule has 11 nitrogen and oxygen atoms in total. The van der Waals surface area contributed by atoms with Crippen LogP contribution in [0.1, 0.15) is 16.7 Å². The largest absolute Gasteiger partial charge is 0.464 e. The molecule has 2 aromatic carbocycles. The van der Waals surface area contributed by atoms with Crippen LogP contribution in [0.3, 0.4) is 0 Å². The summed E-state index contributed by atoms with van der Waals surface area (Å²) in [6, 6.07) is 8.38. The summed E-state index contributed by atoms with van der Waals surface area (Å²) in [5, 5.41) is 12.6. The number of imide groups is 1. The maximum atomic E-state index is 13.5. The Bertz CT molecular complexity index is 1620. The van der Waals surface area contributed by atoms with Crippen LogP contribution in [0.5, 0.6) is 0 Å². The number of hydrogen-bond donors (Lipinski definition) is 3. The van der Waals surface area contributed by atoms with Crippen LogP contribution in [0, 0.1) is 0 Å². The molecule has 2 heterocycles. The molecule has 1 aromatic heterocycles. The number of carbonyl (C=O) groups is 3. The molecule has 1 aliphatic rings. The first-order valence-corrected chi connectivity index (χ1v) is 13.5. The Hall–Kier alpha value is -3.60. The zero-order valence-corrected chi connectivity index (χ0v) is 21.8. The maximum Gasteiger partial charge on any atom is 0.419 e. The zero-order chi connectivity index (χ0) is 28.5. The van der Waals surface area contributed by atoms with Gasteiger partial charge in [0.2, 0.25) is 0 Å². The van der Waals surface area contributed by atoms with E-state index in [9.17, 15) is 36.0 Å². The zero-order valence-electron chi connectivity index (χ0n) is 19.4. The van der Waals surface area contributed by atoms with Gasteiger partial charge in [-0.3, -0.25) is 19.2 Å². The Morgan fingerprint density at radius 2 is 1.92 bits per heavy atom. The standard InChI is InChI=1S/C22H17ClF3N5O6S2/c23-15-3-2-13(16(9-15)22(24,25)26)11-31-17-4-1-12(7-14(17)10-27-31)8-18-19(32)30(21(35)38-18)6-5-28-39(36,37)29-20(33)34/h1-4,7-10,28-29H,5-6,11H2,(H,33,34). The third-order valence-corrected chi connectivity index (χ3v) is 7.55. The molecule has 3 N–H and O–H groups in total. The Balaban J connectivity index is 1.49. The summed E-state index contributed by atoms with van der Waals surface area (Å²) in [4.78, 5) is 36.3. The van der Waals surface area contributed by atoms with E-state index in [1.807, 2.05) is 4.72 Å². The van der Waals surface area contributed by atoms with Crippen LogP contribution in [0.15, 0.2) is 47.5 Å². The number of nitrogens with one attached hydrogen (secondary N) is 2. The third-order valence-electron chi connectivity index (χ3n) is 5.38. The molecule has 206 valence electrons. The van der Waals surface area contributed by atoms with Gasteiger partial charge in [-0.15, -0.1) is 0 Å². The van der Waals surface area contributed by atoms with Crippen molar-refractivity contribution < 1.29 is 41.1 Å². The second-order valence-corrected chi connectivity index (χ2v) is 11.0. The molecular formula is C22H17ClF3N5O6S2. The Morgan fingerprint density at radius 1 is 1.18 bits per heavy atom. The summed E-state index contributed by atoms with van der Waals surface area (Å²) in [6.45, 7) is -0.915. The lowest BCUT2D eigenvalue weighted by atomic mass is 10.1. The second-order valence-electron chi connectivity index (χ2n) is 8.06. The van der Waals surface area contributed by atoms with Gasteiger partial charge in [-0.2, -0.15) is 31.4 Å². The van der Waals surface area contributed by atoms with Crippen molar-refractivity contribution >= 4 is 67.8 Å². The van der Waals surface area contributed by atoms with Gasteiger partial charge in [-0.25, -0.2) is 9.52 Å². The number of nitrogens with zero attached hydrogens (tertiary/aromatic N) is 3. The van der Waals surface area contributed by atoms with Crippen molar-refractivity contribution in [2.45, 2.75) is 12.7 Å². The van der Waals surface area contributed by atoms with Gasteiger partial charge in [-0.1, -0.05) is 23.7 Å². The average Bonchev–Trinajstić information content (AvgIpc) is 3.33. The highest BCUT2D eigenvalue weighted by molar-refractivity contribution is 8.18. The summed E-state index contributed by atoms with van der Waals surface area (Å²) >= 11 is 6.38. The molecule has 3 amide bonds. The predicted molar refractivity (Wildman–Crippen MR) is 136 cm³/mol. The topological polar surface area (TPSA) is 151 Å². The molecule has 1 aliphatic heterocycles. The molecule has 0 atom stereocenters. The van der Waals surface area contributed by atoms with Gasteiger partial charge in [0.15, 0.2) is 0 Å². The van der Waals surface area contributed by atoms with Gasteiger partial charge in [0.1, 0.15) is 0 Å². The Morgan fingerprint density at radius 3 is 2.62 bits per heavy atom. The number of amides is 3. The SMILES string of the molecule is O=C(O)NS(=O)(=O)NCCN1C(=O)SC(=Cc2ccc3c(cnn3Cc3ccc(Cl)cc3C(F)(F)F)c2)C1=O. The number of rotatable bonds is 8. The molecule has 0 saturated carbocycles. The normalized spacial score (nSPS) is 15.5. The van der Waals surface area contributed by atoms with Crippen molar-refractivity contribution in [3.05, 3.63) is 69.2 Å². The lowest BCUT2D eigenvalue weighted by Gasteiger charge is -2.14. The minimum Gasteiger partial charge on any atom is -0.464 e. The Kier molecular flexibility index (Phi) is 7.92. The van der Waals surface area contributed by atoms with Crippen molar-refractivity contribution in [2.24, 2.45) is 0 Å². The fourth-order valence-corrected chi connectivity index (χ4v) is 5.42. The monoisotopic (exact) mass is 603 g/mol. The molecule has 4 rings (SSSR count). The first-order chi connectivity index (χ1) is 18.2. The minimum atomic E-state index is -4.60. The average molecular weight is 604 g/mol. The van der Waals surface area contributed by atoms with E-state index in [0.717, 1.165) is 11.0 Å². The number of carboxylic acid groups (broad SMARTS) is 1. The highest BCUT2D eigenvalue weighted by Gasteiger charge is 2.35. The summed E-state index contributed by atoms with van der Waals surface area (Å²) < 4.78 is 67.9. The summed E-state index contributed by atoms with van der Waals surface area (Å²) in [6.07, 6.45) is -3.49. The number of hydrogen-bond acceptors (Lipinski definition) is 7. The quantitative estimate of drug-likeness (QED) is 0.328. The first kappa shape index (κ1) is 28.4. The molecule has 39 heavy (non-hydrogen) atoms. The highest BCUT2D eigenvalue weighted by atomic mass is 35.5. The summed E-state index contributed by atoms with van der Waals surface area (Å²) in [7, 11) is -4.36. The van der Waals surface area contributed by atoms with Crippen LogP contribution >= 0.6 is 23.4 Å². The molecule has 1 fully saturated rings. The van der Waals surface area contributed by atoms with Gasteiger partial charge in [0.05, 0.1) is 28.7 Å². The van der Waals surface area contributed by atoms with Gasteiger partial charge >= 0.3 is 22.5 Å². The maximum absolute atomic E-state index is 13.5. The van der Waals surface area contributed by atoms with E-state index in [-0.39, 0.29) is 28.6 Å². The lowest BCUT2D eigenvalue weighted by molar-refractivity contribution is -0.138. The van der Waals surface area contributed by atoms with E-state index in [0.29, 0.717) is 28.2 Å². The van der Waals surface area contributed by atoms with Crippen LogP contribution in [0.4, 0.5) is 22.8 Å². The number of fused-ring (bicyclic) bond motifs is 1. The van der Waals surface area contributed by atoms with Crippen molar-refractivity contribution in [3.8, 4) is 0 Å². The third kappa shape index (κ3) is 6.70. The molecule has 3 aromatic rings. The fourth-order valence-electron chi connectivity index (χ4n) is 3.72. The van der Waals surface area contributed by atoms with E-state index in [4.69, 9.17) is 16.7 Å². The molecule has 0 radical (unpaired) electrons. The second kappa shape index (κ2) is 10.9. The highest BCUT2D eigenvalue weighted by Crippen LogP contribution is 2.35. The van der Waals surface area contributed by atoms with Crippen LogP contribution < -0.4 is 9.44 Å². The van der Waals surface area contributed by atoms with Gasteiger partial charge < -0.3 is 5.11 Å². The minimum absolute atomic E-state index is 0.0179. The van der Waals surface area contributed by atoms with E-state index in [1.165, 1.54) is 33.8 Å². The number of carbonyl (C=O) groups excluding carboxylic acids is 2. The summed E-state index contributed by atoms with van der Waals surface area (Å²) in [5.74, 6) is -0.673. The van der Waals surface area contributed by atoms with E-state index >= 15 is 0 Å². The van der Waals surface area contributed by atoms with Crippen LogP contribution in [0.2, 0.25) is 5.02 Å². The van der Waals surface area contributed by atoms with Crippen LogP contribution in [-0.2, 0) is 27.7 Å². The van der Waals surface area contributed by atoms with Crippen molar-refractivity contribution in [1.29, 1.82) is 0 Å². The lowest BCUT2D eigenvalue weighted by Crippen LogP contribution is -2.43. The van der Waals surface area contributed by atoms with Gasteiger partial charge in [0.25, 0.3) is 11.1 Å². The fraction of sp³-hybridized carbons (Fsp3) is 0.182.